The number of carbonyl (C=O) groups is 1. The van der Waals surface area contributed by atoms with Gasteiger partial charge in [-0.05, 0) is 44.2 Å². The van der Waals surface area contributed by atoms with Crippen LogP contribution in [0.15, 0.2) is 63.7 Å². The first-order valence-electron chi connectivity index (χ1n) is 9.52. The number of rotatable bonds is 7. The van der Waals surface area contributed by atoms with Gasteiger partial charge in [0.15, 0.2) is 12.4 Å². The zero-order valence-electron chi connectivity index (χ0n) is 17.0. The van der Waals surface area contributed by atoms with Gasteiger partial charge in [-0.15, -0.1) is 0 Å². The molecule has 0 bridgehead atoms. The fourth-order valence-electron chi connectivity index (χ4n) is 3.39. The molecule has 0 aliphatic carbocycles. The summed E-state index contributed by atoms with van der Waals surface area (Å²) in [6.45, 7) is 4.38. The third kappa shape index (κ3) is 3.87. The second-order valence-corrected chi connectivity index (χ2v) is 6.91. The topological polar surface area (TPSA) is 79.6 Å². The Morgan fingerprint density at radius 1 is 1.10 bits per heavy atom. The van der Waals surface area contributed by atoms with E-state index in [1.807, 2.05) is 60.9 Å². The molecule has 0 saturated heterocycles. The number of carbonyl (C=O) groups excluding carboxylic acids is 1. The molecule has 7 nitrogen and oxygen atoms in total. The van der Waals surface area contributed by atoms with Gasteiger partial charge in [-0.25, -0.2) is 4.79 Å². The molecule has 0 atom stereocenters. The summed E-state index contributed by atoms with van der Waals surface area (Å²) in [7, 11) is 1.60. The van der Waals surface area contributed by atoms with Gasteiger partial charge in [0.05, 0.1) is 25.5 Å². The minimum Gasteiger partial charge on any atom is -0.496 e. The molecule has 30 heavy (non-hydrogen) atoms. The smallest absolute Gasteiger partial charge is 0.340 e. The molecular formula is C23H22N2O5. The van der Waals surface area contributed by atoms with Crippen LogP contribution in [0.2, 0.25) is 0 Å². The van der Waals surface area contributed by atoms with Crippen molar-refractivity contribution in [3.8, 4) is 17.0 Å². The molecule has 0 N–H and O–H groups in total. The largest absolute Gasteiger partial charge is 0.496 e. The second kappa shape index (κ2) is 8.32. The summed E-state index contributed by atoms with van der Waals surface area (Å²) in [5, 5.41) is 4.06. The molecule has 0 aliphatic rings. The average molecular weight is 406 g/mol. The number of aromatic nitrogens is 2. The molecule has 1 aromatic carbocycles. The highest BCUT2D eigenvalue weighted by Crippen LogP contribution is 2.29. The summed E-state index contributed by atoms with van der Waals surface area (Å²) in [6, 6.07) is 14.8. The molecule has 0 spiro atoms. The van der Waals surface area contributed by atoms with Crippen molar-refractivity contribution < 1.29 is 23.2 Å². The van der Waals surface area contributed by atoms with E-state index < -0.39 is 5.97 Å². The second-order valence-electron chi connectivity index (χ2n) is 6.91. The number of methoxy groups -OCH3 is 1. The van der Waals surface area contributed by atoms with Crippen molar-refractivity contribution in [2.24, 2.45) is 0 Å². The van der Waals surface area contributed by atoms with Crippen molar-refractivity contribution in [3.05, 3.63) is 83.3 Å². The lowest BCUT2D eigenvalue weighted by atomic mass is 10.1. The van der Waals surface area contributed by atoms with Crippen LogP contribution in [-0.4, -0.2) is 22.8 Å². The molecule has 4 rings (SSSR count). The third-order valence-electron chi connectivity index (χ3n) is 4.98. The van der Waals surface area contributed by atoms with Gasteiger partial charge in [0, 0.05) is 23.0 Å². The van der Waals surface area contributed by atoms with Gasteiger partial charge in [0.1, 0.15) is 17.2 Å². The van der Waals surface area contributed by atoms with Crippen LogP contribution in [-0.2, 0) is 17.9 Å². The van der Waals surface area contributed by atoms with Gasteiger partial charge in [-0.2, -0.15) is 0 Å². The maximum atomic E-state index is 12.6. The summed E-state index contributed by atoms with van der Waals surface area (Å²) in [5.41, 5.74) is 3.72. The lowest BCUT2D eigenvalue weighted by molar-refractivity contribution is 0.0436. The summed E-state index contributed by atoms with van der Waals surface area (Å²) in [4.78, 5) is 12.6. The first-order valence-corrected chi connectivity index (χ1v) is 9.52. The highest BCUT2D eigenvalue weighted by Gasteiger charge is 2.19. The lowest BCUT2D eigenvalue weighted by Crippen LogP contribution is -2.08. The van der Waals surface area contributed by atoms with Crippen LogP contribution in [0.25, 0.3) is 11.3 Å². The molecule has 3 aromatic heterocycles. The van der Waals surface area contributed by atoms with Crippen molar-refractivity contribution >= 4 is 5.97 Å². The molecule has 0 saturated carbocycles. The Hall–Kier alpha value is -3.74. The van der Waals surface area contributed by atoms with E-state index in [0.717, 1.165) is 22.7 Å². The van der Waals surface area contributed by atoms with Crippen molar-refractivity contribution in [2.75, 3.05) is 7.11 Å². The van der Waals surface area contributed by atoms with Gasteiger partial charge in [0.25, 0.3) is 0 Å². The number of esters is 1. The van der Waals surface area contributed by atoms with Crippen molar-refractivity contribution in [3.63, 3.8) is 0 Å². The highest BCUT2D eigenvalue weighted by atomic mass is 16.5. The Labute approximate surface area is 173 Å². The van der Waals surface area contributed by atoms with E-state index in [-0.39, 0.29) is 6.61 Å². The van der Waals surface area contributed by atoms with Crippen molar-refractivity contribution in [1.29, 1.82) is 0 Å². The summed E-state index contributed by atoms with van der Waals surface area (Å²) in [6.07, 6.45) is 1.63. The first-order chi connectivity index (χ1) is 14.6. The van der Waals surface area contributed by atoms with Crippen molar-refractivity contribution in [2.45, 2.75) is 27.0 Å². The fraction of sp³-hybridized carbons (Fsp3) is 0.217. The molecular weight excluding hydrogens is 384 g/mol. The van der Waals surface area contributed by atoms with Crippen LogP contribution >= 0.6 is 0 Å². The standard InChI is InChI=1S/C23H22N2O5/c1-15-11-20(16(2)25(15)13-17-7-6-10-28-17)23(26)29-14-18-12-21(24-30-18)19-8-4-5-9-22(19)27-3/h4-12H,13-14H2,1-3H3. The van der Waals surface area contributed by atoms with E-state index in [2.05, 4.69) is 5.16 Å². The number of para-hydroxylation sites is 1. The Morgan fingerprint density at radius 2 is 1.93 bits per heavy atom. The van der Waals surface area contributed by atoms with Gasteiger partial charge >= 0.3 is 5.97 Å². The molecule has 3 heterocycles. The number of hydrogen-bond donors (Lipinski definition) is 0. The van der Waals surface area contributed by atoms with Crippen LogP contribution in [0, 0.1) is 13.8 Å². The van der Waals surface area contributed by atoms with Crippen LogP contribution < -0.4 is 4.74 Å². The van der Waals surface area contributed by atoms with Crippen LogP contribution in [0.3, 0.4) is 0 Å². The van der Waals surface area contributed by atoms with E-state index in [1.54, 1.807) is 19.4 Å². The predicted molar refractivity (Wildman–Crippen MR) is 109 cm³/mol. The Bertz CT molecular complexity index is 1150. The van der Waals surface area contributed by atoms with E-state index in [9.17, 15) is 4.79 Å². The highest BCUT2D eigenvalue weighted by molar-refractivity contribution is 5.91. The minimum absolute atomic E-state index is 0.0111. The fourth-order valence-corrected chi connectivity index (χ4v) is 3.39. The Kier molecular flexibility index (Phi) is 5.43. The van der Waals surface area contributed by atoms with Gasteiger partial charge < -0.3 is 23.0 Å². The summed E-state index contributed by atoms with van der Waals surface area (Å²) in [5.74, 6) is 1.55. The Balaban J connectivity index is 1.45. The molecule has 4 aromatic rings. The molecule has 154 valence electrons. The maximum absolute atomic E-state index is 12.6. The zero-order valence-corrected chi connectivity index (χ0v) is 17.0. The number of aryl methyl sites for hydroxylation is 1. The normalized spacial score (nSPS) is 10.9. The molecule has 0 radical (unpaired) electrons. The van der Waals surface area contributed by atoms with Gasteiger partial charge in [-0.3, -0.25) is 0 Å². The van der Waals surface area contributed by atoms with Gasteiger partial charge in [-0.1, -0.05) is 17.3 Å². The molecule has 0 fully saturated rings. The molecule has 0 aliphatic heterocycles. The van der Waals surface area contributed by atoms with E-state index in [0.29, 0.717) is 29.3 Å². The quantitative estimate of drug-likeness (QED) is 0.412. The third-order valence-corrected chi connectivity index (χ3v) is 4.98. The van der Waals surface area contributed by atoms with Crippen LogP contribution in [0.5, 0.6) is 5.75 Å². The van der Waals surface area contributed by atoms with Gasteiger partial charge in [0.2, 0.25) is 0 Å². The van der Waals surface area contributed by atoms with E-state index in [4.69, 9.17) is 18.4 Å². The number of nitrogens with zero attached hydrogens (tertiary/aromatic N) is 2. The SMILES string of the molecule is COc1ccccc1-c1cc(COC(=O)c2cc(C)n(Cc3ccco3)c2C)on1. The number of furan rings is 1. The molecule has 0 unspecified atom stereocenters. The zero-order chi connectivity index (χ0) is 21.1. The minimum atomic E-state index is -0.413. The Morgan fingerprint density at radius 3 is 2.70 bits per heavy atom. The number of ether oxygens (including phenoxy) is 2. The molecule has 7 heteroatoms. The predicted octanol–water partition coefficient (Wildman–Crippen LogP) is 4.77. The number of hydrogen-bond acceptors (Lipinski definition) is 6. The molecule has 0 amide bonds. The summed E-state index contributed by atoms with van der Waals surface area (Å²) >= 11 is 0. The summed E-state index contributed by atoms with van der Waals surface area (Å²) < 4.78 is 23.6. The van der Waals surface area contributed by atoms with E-state index >= 15 is 0 Å². The van der Waals surface area contributed by atoms with Crippen LogP contribution in [0.4, 0.5) is 0 Å². The van der Waals surface area contributed by atoms with Crippen molar-refractivity contribution in [1.82, 2.24) is 9.72 Å². The maximum Gasteiger partial charge on any atom is 0.340 e. The average Bonchev–Trinajstić information content (AvgIpc) is 3.50. The first kappa shape index (κ1) is 19.6. The monoisotopic (exact) mass is 406 g/mol. The van der Waals surface area contributed by atoms with Crippen LogP contribution in [0.1, 0.15) is 33.3 Å². The lowest BCUT2D eigenvalue weighted by Gasteiger charge is -2.08. The number of benzene rings is 1. The van der Waals surface area contributed by atoms with E-state index in [1.165, 1.54) is 0 Å².